The van der Waals surface area contributed by atoms with Gasteiger partial charge in [-0.2, -0.15) is 0 Å². The summed E-state index contributed by atoms with van der Waals surface area (Å²) in [6.07, 6.45) is -0.713. The van der Waals surface area contributed by atoms with E-state index in [0.717, 1.165) is 11.3 Å². The molecule has 2 rings (SSSR count). The number of aliphatic hydroxyl groups is 1. The van der Waals surface area contributed by atoms with Crippen LogP contribution in [0.2, 0.25) is 0 Å². The van der Waals surface area contributed by atoms with E-state index >= 15 is 0 Å². The van der Waals surface area contributed by atoms with Gasteiger partial charge in [0.1, 0.15) is 24.2 Å². The standard InChI is InChI=1S/C15H17NO3/c1-18-13-6-3-7-14(9-13)19-10-15(17)11-4-2-5-12(16)8-11/h2-9,15,17H,10,16H2,1H3. The molecule has 100 valence electrons. The summed E-state index contributed by atoms with van der Waals surface area (Å²) in [6.45, 7) is 0.163. The Bertz CT molecular complexity index is 542. The van der Waals surface area contributed by atoms with Gasteiger partial charge in [-0.3, -0.25) is 0 Å². The molecule has 19 heavy (non-hydrogen) atoms. The van der Waals surface area contributed by atoms with Crippen molar-refractivity contribution < 1.29 is 14.6 Å². The third kappa shape index (κ3) is 3.63. The number of hydrogen-bond acceptors (Lipinski definition) is 4. The predicted octanol–water partition coefficient (Wildman–Crippen LogP) is 2.39. The fourth-order valence-corrected chi connectivity index (χ4v) is 1.73. The number of hydrogen-bond donors (Lipinski definition) is 2. The largest absolute Gasteiger partial charge is 0.497 e. The lowest BCUT2D eigenvalue weighted by molar-refractivity contribution is 0.108. The highest BCUT2D eigenvalue weighted by molar-refractivity contribution is 5.41. The minimum atomic E-state index is -0.713. The lowest BCUT2D eigenvalue weighted by Gasteiger charge is -2.13. The fraction of sp³-hybridized carbons (Fsp3) is 0.200. The van der Waals surface area contributed by atoms with E-state index in [0.29, 0.717) is 11.4 Å². The second-order valence-corrected chi connectivity index (χ2v) is 4.18. The van der Waals surface area contributed by atoms with E-state index in [1.807, 2.05) is 24.3 Å². The first-order valence-corrected chi connectivity index (χ1v) is 5.99. The van der Waals surface area contributed by atoms with Gasteiger partial charge < -0.3 is 20.3 Å². The van der Waals surface area contributed by atoms with Crippen molar-refractivity contribution in [1.29, 1.82) is 0 Å². The number of aliphatic hydroxyl groups excluding tert-OH is 1. The Labute approximate surface area is 112 Å². The first-order valence-electron chi connectivity index (χ1n) is 5.99. The van der Waals surface area contributed by atoms with E-state index in [1.165, 1.54) is 0 Å². The number of ether oxygens (including phenoxy) is 2. The molecule has 2 aromatic carbocycles. The van der Waals surface area contributed by atoms with Gasteiger partial charge in [0, 0.05) is 11.8 Å². The first kappa shape index (κ1) is 13.2. The summed E-state index contributed by atoms with van der Waals surface area (Å²) < 4.78 is 10.6. The van der Waals surface area contributed by atoms with Crippen molar-refractivity contribution in [1.82, 2.24) is 0 Å². The van der Waals surface area contributed by atoms with Crippen LogP contribution in [-0.2, 0) is 0 Å². The van der Waals surface area contributed by atoms with Gasteiger partial charge in [0.15, 0.2) is 0 Å². The molecule has 1 unspecified atom stereocenters. The molecule has 0 fully saturated rings. The van der Waals surface area contributed by atoms with Crippen molar-refractivity contribution in [2.75, 3.05) is 19.5 Å². The van der Waals surface area contributed by atoms with E-state index in [4.69, 9.17) is 15.2 Å². The van der Waals surface area contributed by atoms with Gasteiger partial charge >= 0.3 is 0 Å². The Kier molecular flexibility index (Phi) is 4.26. The summed E-state index contributed by atoms with van der Waals surface area (Å²) in [4.78, 5) is 0. The van der Waals surface area contributed by atoms with Crippen molar-refractivity contribution in [3.8, 4) is 11.5 Å². The fourth-order valence-electron chi connectivity index (χ4n) is 1.73. The maximum absolute atomic E-state index is 10.0. The van der Waals surface area contributed by atoms with Gasteiger partial charge in [-0.05, 0) is 29.8 Å². The maximum Gasteiger partial charge on any atom is 0.123 e. The van der Waals surface area contributed by atoms with Crippen LogP contribution in [-0.4, -0.2) is 18.8 Å². The summed E-state index contributed by atoms with van der Waals surface area (Å²) in [6, 6.07) is 14.4. The molecule has 0 heterocycles. The number of rotatable bonds is 5. The normalized spacial score (nSPS) is 11.9. The average Bonchev–Trinajstić information content (AvgIpc) is 2.45. The number of nitrogens with two attached hydrogens (primary N) is 1. The molecule has 0 aliphatic carbocycles. The molecule has 4 nitrogen and oxygen atoms in total. The van der Waals surface area contributed by atoms with E-state index in [1.54, 1.807) is 31.4 Å². The molecule has 0 radical (unpaired) electrons. The van der Waals surface area contributed by atoms with Crippen LogP contribution in [0.25, 0.3) is 0 Å². The summed E-state index contributed by atoms with van der Waals surface area (Å²) in [5.74, 6) is 1.37. The minimum absolute atomic E-state index is 0.163. The van der Waals surface area contributed by atoms with E-state index in [2.05, 4.69) is 0 Å². The first-order chi connectivity index (χ1) is 9.19. The van der Waals surface area contributed by atoms with Crippen molar-refractivity contribution in [2.24, 2.45) is 0 Å². The van der Waals surface area contributed by atoms with Crippen LogP contribution in [0.1, 0.15) is 11.7 Å². The molecule has 0 saturated heterocycles. The van der Waals surface area contributed by atoms with Gasteiger partial charge in [0.05, 0.1) is 7.11 Å². The zero-order valence-corrected chi connectivity index (χ0v) is 10.7. The van der Waals surface area contributed by atoms with Crippen LogP contribution in [0.4, 0.5) is 5.69 Å². The zero-order chi connectivity index (χ0) is 13.7. The second-order valence-electron chi connectivity index (χ2n) is 4.18. The molecule has 0 aliphatic heterocycles. The third-order valence-electron chi connectivity index (χ3n) is 2.74. The maximum atomic E-state index is 10.0. The molecule has 0 aliphatic rings. The Balaban J connectivity index is 1.98. The molecule has 0 bridgehead atoms. The lowest BCUT2D eigenvalue weighted by Crippen LogP contribution is -2.10. The van der Waals surface area contributed by atoms with Gasteiger partial charge in [0.25, 0.3) is 0 Å². The van der Waals surface area contributed by atoms with E-state index < -0.39 is 6.10 Å². The van der Waals surface area contributed by atoms with Crippen LogP contribution in [0.5, 0.6) is 11.5 Å². The molecule has 0 amide bonds. The Morgan fingerprint density at radius 3 is 2.58 bits per heavy atom. The van der Waals surface area contributed by atoms with Gasteiger partial charge in [-0.1, -0.05) is 18.2 Å². The molecule has 0 spiro atoms. The van der Waals surface area contributed by atoms with Crippen molar-refractivity contribution in [3.63, 3.8) is 0 Å². The summed E-state index contributed by atoms with van der Waals surface area (Å²) in [7, 11) is 1.60. The van der Waals surface area contributed by atoms with E-state index in [9.17, 15) is 5.11 Å². The predicted molar refractivity (Wildman–Crippen MR) is 74.3 cm³/mol. The monoisotopic (exact) mass is 259 g/mol. The lowest BCUT2D eigenvalue weighted by atomic mass is 10.1. The molecular formula is C15H17NO3. The van der Waals surface area contributed by atoms with Crippen LogP contribution in [0.15, 0.2) is 48.5 Å². The molecule has 1 atom stereocenters. The molecular weight excluding hydrogens is 242 g/mol. The SMILES string of the molecule is COc1cccc(OCC(O)c2cccc(N)c2)c1. The van der Waals surface area contributed by atoms with Crippen LogP contribution >= 0.6 is 0 Å². The highest BCUT2D eigenvalue weighted by atomic mass is 16.5. The number of nitrogen functional groups attached to an aromatic ring is 1. The zero-order valence-electron chi connectivity index (χ0n) is 10.7. The molecule has 2 aromatic rings. The Morgan fingerprint density at radius 1 is 1.11 bits per heavy atom. The molecule has 3 N–H and O–H groups in total. The quantitative estimate of drug-likeness (QED) is 0.809. The summed E-state index contributed by atoms with van der Waals surface area (Å²) >= 11 is 0. The summed E-state index contributed by atoms with van der Waals surface area (Å²) in [5, 5.41) is 10.0. The smallest absolute Gasteiger partial charge is 0.123 e. The van der Waals surface area contributed by atoms with Gasteiger partial charge in [0.2, 0.25) is 0 Å². The number of methoxy groups -OCH3 is 1. The Morgan fingerprint density at radius 2 is 1.84 bits per heavy atom. The van der Waals surface area contributed by atoms with Crippen LogP contribution in [0.3, 0.4) is 0 Å². The molecule has 0 aromatic heterocycles. The third-order valence-corrected chi connectivity index (χ3v) is 2.74. The summed E-state index contributed by atoms with van der Waals surface area (Å²) in [5.41, 5.74) is 7.03. The van der Waals surface area contributed by atoms with Crippen molar-refractivity contribution in [3.05, 3.63) is 54.1 Å². The van der Waals surface area contributed by atoms with Crippen LogP contribution < -0.4 is 15.2 Å². The molecule has 4 heteroatoms. The Hall–Kier alpha value is -2.20. The van der Waals surface area contributed by atoms with Crippen molar-refractivity contribution in [2.45, 2.75) is 6.10 Å². The van der Waals surface area contributed by atoms with E-state index in [-0.39, 0.29) is 6.61 Å². The van der Waals surface area contributed by atoms with Crippen LogP contribution in [0, 0.1) is 0 Å². The average molecular weight is 259 g/mol. The highest BCUT2D eigenvalue weighted by Crippen LogP contribution is 2.21. The van der Waals surface area contributed by atoms with Gasteiger partial charge in [-0.15, -0.1) is 0 Å². The van der Waals surface area contributed by atoms with Crippen molar-refractivity contribution >= 4 is 5.69 Å². The second kappa shape index (κ2) is 6.11. The van der Waals surface area contributed by atoms with Gasteiger partial charge in [-0.25, -0.2) is 0 Å². The minimum Gasteiger partial charge on any atom is -0.497 e. The topological polar surface area (TPSA) is 64.7 Å². The highest BCUT2D eigenvalue weighted by Gasteiger charge is 2.09. The number of benzene rings is 2. The number of anilines is 1. The molecule has 0 saturated carbocycles.